The Kier molecular flexibility index (Phi) is 15.3. The van der Waals surface area contributed by atoms with E-state index in [2.05, 4.69) is 20.8 Å². The van der Waals surface area contributed by atoms with E-state index in [1.807, 2.05) is 0 Å². The second kappa shape index (κ2) is 15.4. The van der Waals surface area contributed by atoms with Crippen LogP contribution in [-0.2, 0) is 0 Å². The van der Waals surface area contributed by atoms with Crippen molar-refractivity contribution in [3.63, 3.8) is 0 Å². The highest BCUT2D eigenvalue weighted by atomic mass is 16.3. The first-order chi connectivity index (χ1) is 9.70. The van der Waals surface area contributed by atoms with Crippen molar-refractivity contribution in [2.75, 3.05) is 0 Å². The lowest BCUT2D eigenvalue weighted by molar-refractivity contribution is 0.130. The average molecular weight is 285 g/mol. The third-order valence-corrected chi connectivity index (χ3v) is 4.37. The molecule has 1 nitrogen and oxygen atoms in total. The summed E-state index contributed by atoms with van der Waals surface area (Å²) in [5.41, 5.74) is 0. The summed E-state index contributed by atoms with van der Waals surface area (Å²) in [6, 6.07) is 0. The van der Waals surface area contributed by atoms with Gasteiger partial charge >= 0.3 is 0 Å². The van der Waals surface area contributed by atoms with E-state index in [4.69, 9.17) is 0 Å². The van der Waals surface area contributed by atoms with E-state index < -0.39 is 0 Å². The third kappa shape index (κ3) is 14.4. The average Bonchev–Trinajstić information content (AvgIpc) is 2.42. The standard InChI is InChI=1S/C19H40O/c1-4-6-8-9-10-11-12-14-16-19(20)17-18(3)15-13-7-5-2/h18-20H,4-17H2,1-3H3. The van der Waals surface area contributed by atoms with Crippen molar-refractivity contribution in [2.45, 2.75) is 117 Å². The number of hydrogen-bond donors (Lipinski definition) is 1. The first-order valence-electron chi connectivity index (χ1n) is 9.38. The van der Waals surface area contributed by atoms with E-state index in [1.54, 1.807) is 0 Å². The zero-order valence-corrected chi connectivity index (χ0v) is 14.5. The molecule has 0 rings (SSSR count). The van der Waals surface area contributed by atoms with Crippen LogP contribution in [-0.4, -0.2) is 11.2 Å². The first kappa shape index (κ1) is 20.0. The van der Waals surface area contributed by atoms with E-state index in [1.165, 1.54) is 77.0 Å². The Morgan fingerprint density at radius 3 is 1.70 bits per heavy atom. The maximum atomic E-state index is 10.0. The van der Waals surface area contributed by atoms with E-state index in [0.29, 0.717) is 5.92 Å². The van der Waals surface area contributed by atoms with Gasteiger partial charge in [0.15, 0.2) is 0 Å². The molecule has 0 aromatic heterocycles. The van der Waals surface area contributed by atoms with Gasteiger partial charge in [0.05, 0.1) is 6.10 Å². The summed E-state index contributed by atoms with van der Waals surface area (Å²) >= 11 is 0. The highest BCUT2D eigenvalue weighted by Crippen LogP contribution is 2.18. The predicted octanol–water partition coefficient (Wildman–Crippen LogP) is 6.48. The molecule has 20 heavy (non-hydrogen) atoms. The van der Waals surface area contributed by atoms with Crippen molar-refractivity contribution in [3.05, 3.63) is 0 Å². The van der Waals surface area contributed by atoms with Crippen LogP contribution in [0, 0.1) is 5.92 Å². The molecule has 2 atom stereocenters. The summed E-state index contributed by atoms with van der Waals surface area (Å²) in [5, 5.41) is 10.0. The lowest BCUT2D eigenvalue weighted by Crippen LogP contribution is -2.11. The molecule has 0 spiro atoms. The second-order valence-electron chi connectivity index (χ2n) is 6.75. The Balaban J connectivity index is 3.29. The molecule has 0 aliphatic heterocycles. The van der Waals surface area contributed by atoms with Crippen LogP contribution in [0.25, 0.3) is 0 Å². The van der Waals surface area contributed by atoms with E-state index in [-0.39, 0.29) is 6.10 Å². The topological polar surface area (TPSA) is 20.2 Å². The van der Waals surface area contributed by atoms with E-state index in [9.17, 15) is 5.11 Å². The maximum absolute atomic E-state index is 10.0. The zero-order chi connectivity index (χ0) is 15.1. The molecular formula is C19H40O. The van der Waals surface area contributed by atoms with Crippen LogP contribution in [0.4, 0.5) is 0 Å². The molecule has 0 amide bonds. The van der Waals surface area contributed by atoms with Crippen molar-refractivity contribution in [2.24, 2.45) is 5.92 Å². The lowest BCUT2D eigenvalue weighted by atomic mass is 9.94. The third-order valence-electron chi connectivity index (χ3n) is 4.37. The Morgan fingerprint density at radius 1 is 0.650 bits per heavy atom. The van der Waals surface area contributed by atoms with Gasteiger partial charge in [-0.2, -0.15) is 0 Å². The van der Waals surface area contributed by atoms with Gasteiger partial charge in [0.2, 0.25) is 0 Å². The van der Waals surface area contributed by atoms with Crippen molar-refractivity contribution in [1.29, 1.82) is 0 Å². The van der Waals surface area contributed by atoms with Crippen LogP contribution < -0.4 is 0 Å². The van der Waals surface area contributed by atoms with Gasteiger partial charge < -0.3 is 5.11 Å². The van der Waals surface area contributed by atoms with Crippen molar-refractivity contribution < 1.29 is 5.11 Å². The van der Waals surface area contributed by atoms with Gasteiger partial charge in [0.25, 0.3) is 0 Å². The minimum Gasteiger partial charge on any atom is -0.393 e. The van der Waals surface area contributed by atoms with Gasteiger partial charge in [-0.05, 0) is 18.8 Å². The summed E-state index contributed by atoms with van der Waals surface area (Å²) in [5.74, 6) is 0.700. The molecule has 0 saturated carbocycles. The largest absolute Gasteiger partial charge is 0.393 e. The molecule has 1 heteroatoms. The second-order valence-corrected chi connectivity index (χ2v) is 6.75. The molecule has 2 unspecified atom stereocenters. The minimum atomic E-state index is -0.0493. The highest BCUT2D eigenvalue weighted by molar-refractivity contribution is 4.62. The van der Waals surface area contributed by atoms with Gasteiger partial charge in [-0.1, -0.05) is 97.8 Å². The molecule has 122 valence electrons. The zero-order valence-electron chi connectivity index (χ0n) is 14.5. The number of aliphatic hydroxyl groups excluding tert-OH is 1. The van der Waals surface area contributed by atoms with E-state index in [0.717, 1.165) is 12.8 Å². The SMILES string of the molecule is CCCCCCCCCCC(O)CC(C)CCCCC. The fraction of sp³-hybridized carbons (Fsp3) is 1.00. The minimum absolute atomic E-state index is 0.0493. The number of aliphatic hydroxyl groups is 1. The van der Waals surface area contributed by atoms with Gasteiger partial charge in [-0.15, -0.1) is 0 Å². The summed E-state index contributed by atoms with van der Waals surface area (Å²) in [6.07, 6.45) is 18.1. The molecule has 0 aliphatic carbocycles. The molecule has 0 aromatic rings. The molecule has 0 aromatic carbocycles. The highest BCUT2D eigenvalue weighted by Gasteiger charge is 2.09. The van der Waals surface area contributed by atoms with E-state index >= 15 is 0 Å². The number of rotatable bonds is 15. The van der Waals surface area contributed by atoms with Crippen molar-refractivity contribution in [3.8, 4) is 0 Å². The quantitative estimate of drug-likeness (QED) is 0.341. The van der Waals surface area contributed by atoms with Crippen LogP contribution in [0.3, 0.4) is 0 Å². The summed E-state index contributed by atoms with van der Waals surface area (Å²) in [4.78, 5) is 0. The smallest absolute Gasteiger partial charge is 0.0542 e. The normalized spacial score (nSPS) is 14.4. The van der Waals surface area contributed by atoms with Crippen molar-refractivity contribution >= 4 is 0 Å². The molecule has 0 radical (unpaired) electrons. The van der Waals surface area contributed by atoms with Gasteiger partial charge in [-0.3, -0.25) is 0 Å². The Labute approximate surface area is 128 Å². The summed E-state index contributed by atoms with van der Waals surface area (Å²) < 4.78 is 0. The Morgan fingerprint density at radius 2 is 1.10 bits per heavy atom. The van der Waals surface area contributed by atoms with Crippen LogP contribution in [0.1, 0.15) is 111 Å². The fourth-order valence-electron chi connectivity index (χ4n) is 2.96. The molecule has 0 aliphatic rings. The first-order valence-corrected chi connectivity index (χ1v) is 9.38. The molecule has 0 saturated heterocycles. The Hall–Kier alpha value is -0.0400. The summed E-state index contributed by atoms with van der Waals surface area (Å²) in [7, 11) is 0. The van der Waals surface area contributed by atoms with Gasteiger partial charge in [-0.25, -0.2) is 0 Å². The lowest BCUT2D eigenvalue weighted by Gasteiger charge is -2.16. The van der Waals surface area contributed by atoms with Gasteiger partial charge in [0.1, 0.15) is 0 Å². The van der Waals surface area contributed by atoms with Crippen LogP contribution >= 0.6 is 0 Å². The predicted molar refractivity (Wildman–Crippen MR) is 91.2 cm³/mol. The Bertz CT molecular complexity index is 179. The number of hydrogen-bond acceptors (Lipinski definition) is 1. The monoisotopic (exact) mass is 284 g/mol. The van der Waals surface area contributed by atoms with Crippen LogP contribution in [0.15, 0.2) is 0 Å². The maximum Gasteiger partial charge on any atom is 0.0542 e. The van der Waals surface area contributed by atoms with Crippen LogP contribution in [0.2, 0.25) is 0 Å². The van der Waals surface area contributed by atoms with Crippen LogP contribution in [0.5, 0.6) is 0 Å². The van der Waals surface area contributed by atoms with Gasteiger partial charge in [0, 0.05) is 0 Å². The van der Waals surface area contributed by atoms with Crippen molar-refractivity contribution in [1.82, 2.24) is 0 Å². The summed E-state index contributed by atoms with van der Waals surface area (Å²) in [6.45, 7) is 6.82. The molecule has 0 fully saturated rings. The molecule has 1 N–H and O–H groups in total. The number of unbranched alkanes of at least 4 members (excludes halogenated alkanes) is 9. The molecular weight excluding hydrogens is 244 g/mol. The fourth-order valence-corrected chi connectivity index (χ4v) is 2.96. The molecule has 0 heterocycles. The molecule has 0 bridgehead atoms.